The third-order valence-corrected chi connectivity index (χ3v) is 6.91. The number of amides is 2. The Balaban J connectivity index is 1.45. The first kappa shape index (κ1) is 23.8. The van der Waals surface area contributed by atoms with Crippen molar-refractivity contribution in [3.63, 3.8) is 0 Å². The predicted octanol–water partition coefficient (Wildman–Crippen LogP) is 3.30. The van der Waals surface area contributed by atoms with E-state index in [0.717, 1.165) is 22.3 Å². The number of hydrogen-bond donors (Lipinski definition) is 3. The van der Waals surface area contributed by atoms with Gasteiger partial charge in [0.15, 0.2) is 0 Å². The van der Waals surface area contributed by atoms with Gasteiger partial charge in [0.25, 0.3) is 0 Å². The molecule has 3 atom stereocenters. The fourth-order valence-electron chi connectivity index (χ4n) is 4.69. The molecule has 0 spiro atoms. The zero-order valence-electron chi connectivity index (χ0n) is 19.4. The number of carbonyl (C=O) groups is 3. The molecular formula is C26H30N2O6. The maximum atomic E-state index is 13.1. The highest BCUT2D eigenvalue weighted by molar-refractivity contribution is 5.93. The van der Waals surface area contributed by atoms with Crippen LogP contribution >= 0.6 is 0 Å². The van der Waals surface area contributed by atoms with E-state index in [1.54, 1.807) is 6.92 Å². The first-order valence-electron chi connectivity index (χ1n) is 11.6. The van der Waals surface area contributed by atoms with Crippen molar-refractivity contribution in [2.75, 3.05) is 19.8 Å². The number of rotatable bonds is 8. The van der Waals surface area contributed by atoms with Gasteiger partial charge in [0.05, 0.1) is 6.61 Å². The minimum Gasteiger partial charge on any atom is -0.480 e. The summed E-state index contributed by atoms with van der Waals surface area (Å²) in [6.45, 7) is 3.96. The maximum absolute atomic E-state index is 13.1. The summed E-state index contributed by atoms with van der Waals surface area (Å²) in [5, 5.41) is 14.8. The summed E-state index contributed by atoms with van der Waals surface area (Å²) in [6.07, 6.45) is 0.0779. The Bertz CT molecular complexity index is 1030. The van der Waals surface area contributed by atoms with Gasteiger partial charge in [-0.3, -0.25) is 4.79 Å². The van der Waals surface area contributed by atoms with Gasteiger partial charge >= 0.3 is 12.1 Å². The van der Waals surface area contributed by atoms with Gasteiger partial charge in [-0.15, -0.1) is 0 Å². The average molecular weight is 467 g/mol. The summed E-state index contributed by atoms with van der Waals surface area (Å²) in [5.41, 5.74) is 3.05. The van der Waals surface area contributed by atoms with Gasteiger partial charge in [-0.25, -0.2) is 9.59 Å². The molecule has 0 radical (unpaired) electrons. The van der Waals surface area contributed by atoms with E-state index in [1.807, 2.05) is 43.3 Å². The van der Waals surface area contributed by atoms with Crippen LogP contribution in [0.5, 0.6) is 0 Å². The first-order valence-corrected chi connectivity index (χ1v) is 11.6. The molecule has 2 aliphatic rings. The number of benzene rings is 2. The molecule has 2 aromatic rings. The van der Waals surface area contributed by atoms with E-state index in [0.29, 0.717) is 6.42 Å². The molecular weight excluding hydrogens is 436 g/mol. The third-order valence-electron chi connectivity index (χ3n) is 6.91. The van der Waals surface area contributed by atoms with Crippen molar-refractivity contribution in [2.24, 2.45) is 5.92 Å². The van der Waals surface area contributed by atoms with Crippen LogP contribution in [0.15, 0.2) is 48.5 Å². The monoisotopic (exact) mass is 466 g/mol. The number of carboxylic acid groups (broad SMARTS) is 1. The van der Waals surface area contributed by atoms with E-state index in [-0.39, 0.29) is 38.1 Å². The van der Waals surface area contributed by atoms with E-state index in [9.17, 15) is 19.5 Å². The standard InChI is InChI=1S/C26H30N2O6/c1-3-16(2)22(23(29)30)27-24(31)26(12-13-33-15-26)28-25(32)34-14-21-19-10-6-4-8-17(19)18-9-5-7-11-20(18)21/h4-11,16,21-22H,3,12-15H2,1-2H3,(H,27,31)(H,28,32)(H,29,30)/t16?,22-,26?/m0/s1. The molecule has 0 aromatic heterocycles. The van der Waals surface area contributed by atoms with Gasteiger partial charge in [-0.05, 0) is 28.2 Å². The lowest BCUT2D eigenvalue weighted by Crippen LogP contribution is -2.62. The molecule has 34 heavy (non-hydrogen) atoms. The molecule has 1 saturated heterocycles. The molecule has 8 heteroatoms. The molecule has 0 saturated carbocycles. The van der Waals surface area contributed by atoms with Crippen LogP contribution in [0.4, 0.5) is 4.79 Å². The van der Waals surface area contributed by atoms with E-state index >= 15 is 0 Å². The average Bonchev–Trinajstić information content (AvgIpc) is 3.44. The van der Waals surface area contributed by atoms with E-state index in [2.05, 4.69) is 22.8 Å². The Kier molecular flexibility index (Phi) is 6.88. The van der Waals surface area contributed by atoms with Gasteiger partial charge < -0.3 is 25.2 Å². The number of carbonyl (C=O) groups excluding carboxylic acids is 2. The fourth-order valence-corrected chi connectivity index (χ4v) is 4.69. The Morgan fingerprint density at radius 3 is 2.26 bits per heavy atom. The summed E-state index contributed by atoms with van der Waals surface area (Å²) in [7, 11) is 0. The van der Waals surface area contributed by atoms with Crippen LogP contribution in [-0.4, -0.2) is 54.5 Å². The summed E-state index contributed by atoms with van der Waals surface area (Å²) < 4.78 is 11.0. The SMILES string of the molecule is CCC(C)[C@H](NC(=O)C1(NC(=O)OCC2c3ccccc3-c3ccccc32)CCOC1)C(=O)O. The van der Waals surface area contributed by atoms with Crippen molar-refractivity contribution in [1.29, 1.82) is 0 Å². The molecule has 1 fully saturated rings. The molecule has 1 aliphatic heterocycles. The summed E-state index contributed by atoms with van der Waals surface area (Å²) in [5.74, 6) is -2.07. The highest BCUT2D eigenvalue weighted by atomic mass is 16.6. The van der Waals surface area contributed by atoms with Crippen molar-refractivity contribution >= 4 is 18.0 Å². The molecule has 0 bridgehead atoms. The topological polar surface area (TPSA) is 114 Å². The Morgan fingerprint density at radius 2 is 1.74 bits per heavy atom. The van der Waals surface area contributed by atoms with Crippen LogP contribution in [0.3, 0.4) is 0 Å². The van der Waals surface area contributed by atoms with Gasteiger partial charge in [0, 0.05) is 18.9 Å². The summed E-state index contributed by atoms with van der Waals surface area (Å²) >= 11 is 0. The van der Waals surface area contributed by atoms with Gasteiger partial charge in [0.2, 0.25) is 5.91 Å². The molecule has 4 rings (SSSR count). The van der Waals surface area contributed by atoms with Crippen molar-refractivity contribution < 1.29 is 29.0 Å². The fraction of sp³-hybridized carbons (Fsp3) is 0.423. The van der Waals surface area contributed by atoms with Gasteiger partial charge in [-0.1, -0.05) is 68.8 Å². The maximum Gasteiger partial charge on any atom is 0.408 e. The first-order chi connectivity index (χ1) is 16.4. The smallest absolute Gasteiger partial charge is 0.408 e. The number of alkyl carbamates (subject to hydrolysis) is 1. The number of carboxylic acids is 1. The highest BCUT2D eigenvalue weighted by Crippen LogP contribution is 2.44. The lowest BCUT2D eigenvalue weighted by Gasteiger charge is -2.30. The molecule has 180 valence electrons. The zero-order chi connectivity index (χ0) is 24.3. The summed E-state index contributed by atoms with van der Waals surface area (Å²) in [6, 6.07) is 15.0. The van der Waals surface area contributed by atoms with Crippen molar-refractivity contribution in [2.45, 2.75) is 44.2 Å². The second kappa shape index (κ2) is 9.85. The second-order valence-electron chi connectivity index (χ2n) is 9.01. The van der Waals surface area contributed by atoms with Crippen LogP contribution in [0, 0.1) is 5.92 Å². The second-order valence-corrected chi connectivity index (χ2v) is 9.01. The summed E-state index contributed by atoms with van der Waals surface area (Å²) in [4.78, 5) is 37.6. The zero-order valence-corrected chi connectivity index (χ0v) is 19.4. The number of aliphatic carboxylic acids is 1. The minimum absolute atomic E-state index is 0.0458. The minimum atomic E-state index is -1.37. The Labute approximate surface area is 198 Å². The molecule has 8 nitrogen and oxygen atoms in total. The van der Waals surface area contributed by atoms with Crippen molar-refractivity contribution in [1.82, 2.24) is 10.6 Å². The lowest BCUT2D eigenvalue weighted by atomic mass is 9.94. The van der Waals surface area contributed by atoms with Crippen molar-refractivity contribution in [3.05, 3.63) is 59.7 Å². The van der Waals surface area contributed by atoms with Crippen LogP contribution in [-0.2, 0) is 19.1 Å². The largest absolute Gasteiger partial charge is 0.480 e. The third kappa shape index (κ3) is 4.50. The number of ether oxygens (including phenoxy) is 2. The lowest BCUT2D eigenvalue weighted by molar-refractivity contribution is -0.144. The van der Waals surface area contributed by atoms with Gasteiger partial charge in [0.1, 0.15) is 18.2 Å². The van der Waals surface area contributed by atoms with Crippen LogP contribution in [0.2, 0.25) is 0 Å². The van der Waals surface area contributed by atoms with E-state index in [1.165, 1.54) is 0 Å². The van der Waals surface area contributed by atoms with Crippen molar-refractivity contribution in [3.8, 4) is 11.1 Å². The molecule has 2 amide bonds. The molecule has 3 N–H and O–H groups in total. The molecule has 2 aromatic carbocycles. The van der Waals surface area contributed by atoms with E-state index < -0.39 is 29.6 Å². The predicted molar refractivity (Wildman–Crippen MR) is 125 cm³/mol. The van der Waals surface area contributed by atoms with Gasteiger partial charge in [-0.2, -0.15) is 0 Å². The number of hydrogen-bond acceptors (Lipinski definition) is 5. The highest BCUT2D eigenvalue weighted by Gasteiger charge is 2.46. The normalized spacial score (nSPS) is 20.6. The number of nitrogens with one attached hydrogen (secondary N) is 2. The van der Waals surface area contributed by atoms with Crippen LogP contribution in [0.25, 0.3) is 11.1 Å². The molecule has 1 heterocycles. The van der Waals surface area contributed by atoms with E-state index in [4.69, 9.17) is 9.47 Å². The number of fused-ring (bicyclic) bond motifs is 3. The quantitative estimate of drug-likeness (QED) is 0.550. The van der Waals surface area contributed by atoms with Crippen LogP contribution in [0.1, 0.15) is 43.7 Å². The Hall–Kier alpha value is -3.39. The van der Waals surface area contributed by atoms with Crippen LogP contribution < -0.4 is 10.6 Å². The molecule has 2 unspecified atom stereocenters. The Morgan fingerprint density at radius 1 is 1.12 bits per heavy atom. The molecule has 1 aliphatic carbocycles.